The van der Waals surface area contributed by atoms with E-state index in [1.165, 1.54) is 12.4 Å². The fourth-order valence-electron chi connectivity index (χ4n) is 5.54. The summed E-state index contributed by atoms with van der Waals surface area (Å²) < 4.78 is 33.7. The molecule has 4 aromatic rings. The van der Waals surface area contributed by atoms with Crippen molar-refractivity contribution < 1.29 is 18.3 Å². The zero-order valence-corrected chi connectivity index (χ0v) is 21.1. The van der Waals surface area contributed by atoms with Crippen molar-refractivity contribution in [1.29, 1.82) is 5.26 Å². The summed E-state index contributed by atoms with van der Waals surface area (Å²) in [5.41, 5.74) is 2.39. The van der Waals surface area contributed by atoms with Crippen LogP contribution in [0.4, 0.5) is 13.6 Å². The van der Waals surface area contributed by atoms with E-state index < -0.39 is 23.3 Å². The van der Waals surface area contributed by atoms with E-state index in [0.717, 1.165) is 47.3 Å². The lowest BCUT2D eigenvalue weighted by atomic mass is 9.84. The first-order valence-corrected chi connectivity index (χ1v) is 12.8. The van der Waals surface area contributed by atoms with Crippen LogP contribution >= 0.6 is 0 Å². The Bertz CT molecular complexity index is 1550. The first-order valence-electron chi connectivity index (χ1n) is 12.8. The number of rotatable bonds is 6. The van der Waals surface area contributed by atoms with Gasteiger partial charge in [-0.1, -0.05) is 6.07 Å². The largest absolute Gasteiger partial charge is 0.445 e. The second kappa shape index (κ2) is 10.1. The normalized spacial score (nSPS) is 17.6. The Labute approximate surface area is 222 Å². The van der Waals surface area contributed by atoms with E-state index in [-0.39, 0.29) is 12.6 Å². The molecule has 12 heteroatoms. The van der Waals surface area contributed by atoms with E-state index in [4.69, 9.17) is 4.74 Å². The minimum absolute atomic E-state index is 0.116. The van der Waals surface area contributed by atoms with E-state index in [0.29, 0.717) is 38.2 Å². The second-order valence-electron chi connectivity index (χ2n) is 10.1. The molecule has 0 bridgehead atoms. The summed E-state index contributed by atoms with van der Waals surface area (Å²) in [5.74, 6) is -1.90. The van der Waals surface area contributed by atoms with Crippen molar-refractivity contribution in [2.24, 2.45) is 0 Å². The topological polar surface area (TPSA) is 116 Å². The van der Waals surface area contributed by atoms with Crippen LogP contribution in [-0.2, 0) is 16.9 Å². The summed E-state index contributed by atoms with van der Waals surface area (Å²) in [6.45, 7) is 2.34. The Kier molecular flexibility index (Phi) is 6.44. The predicted octanol–water partition coefficient (Wildman–Crippen LogP) is 3.83. The second-order valence-corrected chi connectivity index (χ2v) is 10.1. The maximum atomic E-state index is 13.4. The Morgan fingerprint density at radius 2 is 2.00 bits per heavy atom. The maximum absolute atomic E-state index is 13.4. The van der Waals surface area contributed by atoms with Crippen LogP contribution < -0.4 is 0 Å². The highest BCUT2D eigenvalue weighted by molar-refractivity contribution is 5.90. The molecule has 39 heavy (non-hydrogen) atoms. The van der Waals surface area contributed by atoms with Gasteiger partial charge in [-0.05, 0) is 36.6 Å². The molecule has 10 nitrogen and oxygen atoms in total. The molecule has 6 rings (SSSR count). The monoisotopic (exact) mass is 532 g/mol. The average Bonchev–Trinajstić information content (AvgIpc) is 3.61. The number of nitrogens with one attached hydrogen (secondary N) is 1. The molecule has 1 N–H and O–H groups in total. The Morgan fingerprint density at radius 1 is 1.18 bits per heavy atom. The fraction of sp³-hybridized carbons (Fsp3) is 0.370. The molecule has 1 aromatic carbocycles. The molecule has 3 aromatic heterocycles. The smallest absolute Gasteiger partial charge is 0.410 e. The van der Waals surface area contributed by atoms with Gasteiger partial charge in [0.05, 0.1) is 24.4 Å². The zero-order chi connectivity index (χ0) is 27.0. The molecule has 2 aliphatic rings. The molecule has 0 unspecified atom stereocenters. The number of nitrogens with zero attached hydrogens (tertiary/aromatic N) is 7. The Morgan fingerprint density at radius 3 is 2.77 bits per heavy atom. The van der Waals surface area contributed by atoms with Gasteiger partial charge in [0.15, 0.2) is 11.6 Å². The highest BCUT2D eigenvalue weighted by Gasteiger charge is 2.48. The molecule has 2 saturated heterocycles. The number of aromatic nitrogens is 5. The lowest BCUT2D eigenvalue weighted by molar-refractivity contribution is -0.0426. The van der Waals surface area contributed by atoms with E-state index in [9.17, 15) is 18.8 Å². The van der Waals surface area contributed by atoms with Gasteiger partial charge in [0, 0.05) is 55.6 Å². The molecular weight excluding hydrogens is 506 g/mol. The van der Waals surface area contributed by atoms with E-state index >= 15 is 0 Å². The molecule has 0 radical (unpaired) electrons. The van der Waals surface area contributed by atoms with Crippen molar-refractivity contribution in [3.8, 4) is 17.3 Å². The number of H-pyrrole nitrogens is 1. The van der Waals surface area contributed by atoms with Gasteiger partial charge in [-0.2, -0.15) is 10.4 Å². The number of likely N-dealkylation sites (tertiary alicyclic amines) is 2. The zero-order valence-electron chi connectivity index (χ0n) is 21.1. The molecule has 1 amide bonds. The number of hydrogen-bond acceptors (Lipinski definition) is 7. The van der Waals surface area contributed by atoms with Crippen LogP contribution in [0.15, 0.2) is 49.2 Å². The van der Waals surface area contributed by atoms with Crippen molar-refractivity contribution in [1.82, 2.24) is 34.5 Å². The number of carbonyl (C=O) groups is 1. The maximum Gasteiger partial charge on any atom is 0.410 e. The van der Waals surface area contributed by atoms with Crippen LogP contribution in [-0.4, -0.2) is 72.8 Å². The number of halogens is 2. The first kappa shape index (κ1) is 24.9. The van der Waals surface area contributed by atoms with Crippen LogP contribution in [0.25, 0.3) is 22.3 Å². The van der Waals surface area contributed by atoms with Crippen molar-refractivity contribution in [2.45, 2.75) is 37.5 Å². The molecule has 2 aliphatic heterocycles. The van der Waals surface area contributed by atoms with Gasteiger partial charge in [0.1, 0.15) is 24.1 Å². The lowest BCUT2D eigenvalue weighted by Crippen LogP contribution is -2.66. The van der Waals surface area contributed by atoms with Gasteiger partial charge in [0.25, 0.3) is 0 Å². The van der Waals surface area contributed by atoms with Gasteiger partial charge in [-0.15, -0.1) is 0 Å². The third-order valence-electron chi connectivity index (χ3n) is 7.68. The quantitative estimate of drug-likeness (QED) is 0.401. The van der Waals surface area contributed by atoms with Gasteiger partial charge in [-0.3, -0.25) is 9.58 Å². The highest BCUT2D eigenvalue weighted by atomic mass is 19.2. The van der Waals surface area contributed by atoms with Crippen molar-refractivity contribution in [3.63, 3.8) is 0 Å². The fourth-order valence-corrected chi connectivity index (χ4v) is 5.54. The summed E-state index contributed by atoms with van der Waals surface area (Å²) in [6, 6.07) is 7.99. The van der Waals surface area contributed by atoms with Crippen molar-refractivity contribution in [3.05, 3.63) is 66.4 Å². The summed E-state index contributed by atoms with van der Waals surface area (Å²) in [5, 5.41) is 15.1. The molecule has 0 saturated carbocycles. The number of carbonyl (C=O) groups excluding carboxylic acids is 1. The van der Waals surface area contributed by atoms with Crippen LogP contribution in [0, 0.1) is 23.0 Å². The Balaban J connectivity index is 1.05. The lowest BCUT2D eigenvalue weighted by Gasteiger charge is -2.53. The number of nitriles is 1. The Hall–Kier alpha value is -4.37. The van der Waals surface area contributed by atoms with Crippen LogP contribution in [0.1, 0.15) is 24.8 Å². The first-order chi connectivity index (χ1) is 19.0. The molecule has 200 valence electrons. The summed E-state index contributed by atoms with van der Waals surface area (Å²) in [6.07, 6.45) is 8.50. The van der Waals surface area contributed by atoms with Gasteiger partial charge in [-0.25, -0.2) is 23.5 Å². The predicted molar refractivity (Wildman–Crippen MR) is 136 cm³/mol. The van der Waals surface area contributed by atoms with Crippen LogP contribution in [0.2, 0.25) is 0 Å². The van der Waals surface area contributed by atoms with Crippen molar-refractivity contribution in [2.75, 3.05) is 26.2 Å². The van der Waals surface area contributed by atoms with Gasteiger partial charge >= 0.3 is 6.09 Å². The number of ether oxygens (including phenoxy) is 1. The number of benzene rings is 1. The van der Waals surface area contributed by atoms with E-state index in [1.807, 2.05) is 23.1 Å². The van der Waals surface area contributed by atoms with E-state index in [2.05, 4.69) is 31.0 Å². The van der Waals surface area contributed by atoms with Crippen molar-refractivity contribution >= 4 is 17.1 Å². The molecule has 2 fully saturated rings. The number of hydrogen-bond donors (Lipinski definition) is 1. The van der Waals surface area contributed by atoms with Gasteiger partial charge in [0.2, 0.25) is 0 Å². The molecule has 0 aliphatic carbocycles. The number of piperidine rings is 1. The third-order valence-corrected chi connectivity index (χ3v) is 7.68. The third kappa shape index (κ3) is 4.70. The number of aromatic amines is 1. The van der Waals surface area contributed by atoms with Gasteiger partial charge < -0.3 is 14.6 Å². The SMILES string of the molecule is N#CCC1(n2cc(-c3ncnc4[nH]ccc34)cn2)CN(C2CCN(C(=O)OCc3ccc(F)c(F)c3)CC2)C1. The number of fused-ring (bicyclic) bond motifs is 1. The molecule has 0 atom stereocenters. The van der Waals surface area contributed by atoms with E-state index in [1.54, 1.807) is 11.1 Å². The van der Waals surface area contributed by atoms with Crippen LogP contribution in [0.3, 0.4) is 0 Å². The number of amides is 1. The summed E-state index contributed by atoms with van der Waals surface area (Å²) in [4.78, 5) is 28.3. The molecular formula is C27H26F2N8O2. The van der Waals surface area contributed by atoms with Crippen LogP contribution in [0.5, 0.6) is 0 Å². The highest BCUT2D eigenvalue weighted by Crippen LogP contribution is 2.37. The average molecular weight is 533 g/mol. The minimum atomic E-state index is -0.968. The minimum Gasteiger partial charge on any atom is -0.445 e. The summed E-state index contributed by atoms with van der Waals surface area (Å²) >= 11 is 0. The summed E-state index contributed by atoms with van der Waals surface area (Å²) in [7, 11) is 0. The molecule has 5 heterocycles. The molecule has 0 spiro atoms. The standard InChI is InChI=1S/C27H26F2N8O2/c28-22-2-1-18(11-23(22)29)14-39-26(38)35-9-4-20(5-10-35)36-15-27(16-36,6-7-30)37-13-19(12-34-37)24-21-3-8-31-25(21)33-17-32-24/h1-3,8,11-13,17,20H,4-6,9-10,14-16H2,(H,31,32,33).